The van der Waals surface area contributed by atoms with E-state index in [4.69, 9.17) is 4.84 Å². The quantitative estimate of drug-likeness (QED) is 0.873. The van der Waals surface area contributed by atoms with Crippen LogP contribution in [0, 0.1) is 5.82 Å². The summed E-state index contributed by atoms with van der Waals surface area (Å²) >= 11 is 1.48. The van der Waals surface area contributed by atoms with E-state index in [0.29, 0.717) is 25.1 Å². The van der Waals surface area contributed by atoms with Crippen LogP contribution in [0.25, 0.3) is 0 Å². The molecule has 1 amide bonds. The highest BCUT2D eigenvalue weighted by Gasteiger charge is 2.21. The van der Waals surface area contributed by atoms with E-state index in [1.54, 1.807) is 12.1 Å². The maximum Gasteiger partial charge on any atom is 0.230 e. The highest BCUT2D eigenvalue weighted by atomic mass is 32.2. The number of thioether (sulfide) groups is 1. The van der Waals surface area contributed by atoms with Gasteiger partial charge in [-0.05, 0) is 24.0 Å². The molecular formula is C14H17FN2O2S. The van der Waals surface area contributed by atoms with Crippen molar-refractivity contribution in [2.75, 3.05) is 18.6 Å². The molecule has 1 aromatic rings. The number of carbonyl (C=O) groups is 1. The summed E-state index contributed by atoms with van der Waals surface area (Å²) in [7, 11) is 0. The number of carbonyl (C=O) groups excluding carboxylic acids is 1. The first-order chi connectivity index (χ1) is 9.67. The third-order valence-electron chi connectivity index (χ3n) is 2.92. The second-order valence-electron chi connectivity index (χ2n) is 4.63. The Morgan fingerprint density at radius 1 is 1.50 bits per heavy atom. The smallest absolute Gasteiger partial charge is 0.230 e. The lowest BCUT2D eigenvalue weighted by atomic mass is 10.0. The molecule has 1 N–H and O–H groups in total. The molecule has 6 heteroatoms. The highest BCUT2D eigenvalue weighted by Crippen LogP contribution is 2.14. The molecule has 1 aliphatic rings. The molecule has 1 unspecified atom stereocenters. The molecule has 108 valence electrons. The van der Waals surface area contributed by atoms with Gasteiger partial charge in [-0.25, -0.2) is 4.39 Å². The fraction of sp³-hybridized carbons (Fsp3) is 0.429. The van der Waals surface area contributed by atoms with E-state index >= 15 is 0 Å². The number of hydrogen-bond acceptors (Lipinski definition) is 4. The zero-order valence-corrected chi connectivity index (χ0v) is 12.1. The first kappa shape index (κ1) is 14.8. The number of nitrogens with one attached hydrogen (secondary N) is 1. The van der Waals surface area contributed by atoms with Gasteiger partial charge < -0.3 is 10.2 Å². The summed E-state index contributed by atoms with van der Waals surface area (Å²) in [5.41, 5.74) is 1.92. The van der Waals surface area contributed by atoms with Crippen LogP contribution in [0.3, 0.4) is 0 Å². The minimum absolute atomic E-state index is 0.00749. The Bertz CT molecular complexity index is 490. The summed E-state index contributed by atoms with van der Waals surface area (Å²) in [6.45, 7) is 0.468. The molecule has 1 aromatic carbocycles. The van der Waals surface area contributed by atoms with Gasteiger partial charge >= 0.3 is 0 Å². The van der Waals surface area contributed by atoms with Crippen molar-refractivity contribution in [1.82, 2.24) is 5.32 Å². The predicted octanol–water partition coefficient (Wildman–Crippen LogP) is 1.99. The van der Waals surface area contributed by atoms with Gasteiger partial charge in [-0.3, -0.25) is 4.79 Å². The number of rotatable bonds is 6. The van der Waals surface area contributed by atoms with Crippen molar-refractivity contribution >= 4 is 23.4 Å². The molecule has 0 saturated heterocycles. The van der Waals surface area contributed by atoms with E-state index in [-0.39, 0.29) is 17.8 Å². The summed E-state index contributed by atoms with van der Waals surface area (Å²) in [5.74, 6) is 0.219. The molecule has 20 heavy (non-hydrogen) atoms. The molecule has 0 fully saturated rings. The van der Waals surface area contributed by atoms with Crippen molar-refractivity contribution in [1.29, 1.82) is 0 Å². The Balaban J connectivity index is 1.74. The van der Waals surface area contributed by atoms with Gasteiger partial charge in [-0.15, -0.1) is 0 Å². The van der Waals surface area contributed by atoms with Gasteiger partial charge in [0.15, 0.2) is 0 Å². The second-order valence-corrected chi connectivity index (χ2v) is 5.50. The van der Waals surface area contributed by atoms with Crippen LogP contribution in [-0.2, 0) is 16.1 Å². The van der Waals surface area contributed by atoms with Crippen LogP contribution in [0.2, 0.25) is 0 Å². The van der Waals surface area contributed by atoms with Gasteiger partial charge in [0.25, 0.3) is 0 Å². The highest BCUT2D eigenvalue weighted by molar-refractivity contribution is 7.99. The molecule has 0 saturated carbocycles. The van der Waals surface area contributed by atoms with E-state index in [2.05, 4.69) is 10.5 Å². The van der Waals surface area contributed by atoms with E-state index in [9.17, 15) is 9.18 Å². The van der Waals surface area contributed by atoms with Crippen LogP contribution in [0.5, 0.6) is 0 Å². The van der Waals surface area contributed by atoms with Crippen molar-refractivity contribution < 1.29 is 14.0 Å². The van der Waals surface area contributed by atoms with Crippen LogP contribution in [0.15, 0.2) is 29.4 Å². The van der Waals surface area contributed by atoms with Crippen molar-refractivity contribution in [3.63, 3.8) is 0 Å². The Morgan fingerprint density at radius 2 is 2.25 bits per heavy atom. The molecule has 0 aliphatic carbocycles. The van der Waals surface area contributed by atoms with Crippen molar-refractivity contribution in [2.24, 2.45) is 5.16 Å². The molecule has 0 aromatic heterocycles. The van der Waals surface area contributed by atoms with Gasteiger partial charge in [-0.2, -0.15) is 11.8 Å². The third kappa shape index (κ3) is 4.52. The first-order valence-corrected chi connectivity index (χ1v) is 7.78. The zero-order valence-electron chi connectivity index (χ0n) is 11.3. The van der Waals surface area contributed by atoms with Crippen molar-refractivity contribution in [2.45, 2.75) is 18.9 Å². The Hall–Kier alpha value is -1.56. The van der Waals surface area contributed by atoms with Gasteiger partial charge in [0.1, 0.15) is 11.9 Å². The van der Waals surface area contributed by atoms with Crippen LogP contribution in [0.4, 0.5) is 4.39 Å². The van der Waals surface area contributed by atoms with Gasteiger partial charge in [0, 0.05) is 12.8 Å². The molecule has 0 spiro atoms. The first-order valence-electron chi connectivity index (χ1n) is 6.39. The fourth-order valence-corrected chi connectivity index (χ4v) is 2.31. The SMILES string of the molecule is CSCC(=O)NCC1CC(Cc2ccc(F)cc2)=NO1. The van der Waals surface area contributed by atoms with Crippen LogP contribution in [0.1, 0.15) is 12.0 Å². The van der Waals surface area contributed by atoms with Gasteiger partial charge in [0.05, 0.1) is 18.0 Å². The van der Waals surface area contributed by atoms with Gasteiger partial charge in [0.2, 0.25) is 5.91 Å². The summed E-state index contributed by atoms with van der Waals surface area (Å²) in [6, 6.07) is 6.36. The maximum absolute atomic E-state index is 12.8. The number of halogens is 1. The fourth-order valence-electron chi connectivity index (χ4n) is 1.95. The maximum atomic E-state index is 12.8. The number of nitrogens with zero attached hydrogens (tertiary/aromatic N) is 1. The average molecular weight is 296 g/mol. The molecule has 1 heterocycles. The second kappa shape index (κ2) is 7.28. The summed E-state index contributed by atoms with van der Waals surface area (Å²) in [4.78, 5) is 16.6. The molecule has 1 aliphatic heterocycles. The van der Waals surface area contributed by atoms with E-state index in [0.717, 1.165) is 11.3 Å². The minimum atomic E-state index is -0.243. The standard InChI is InChI=1S/C14H17FN2O2S/c1-20-9-14(18)16-8-13-7-12(17-19-13)6-10-2-4-11(15)5-3-10/h2-5,13H,6-9H2,1H3,(H,16,18). The number of benzene rings is 1. The van der Waals surface area contributed by atoms with Crippen molar-refractivity contribution in [3.05, 3.63) is 35.6 Å². The normalized spacial score (nSPS) is 17.5. The topological polar surface area (TPSA) is 50.7 Å². The van der Waals surface area contributed by atoms with Gasteiger partial charge in [-0.1, -0.05) is 17.3 Å². The summed E-state index contributed by atoms with van der Waals surface area (Å²) in [6.07, 6.45) is 3.12. The van der Waals surface area contributed by atoms with Crippen LogP contribution >= 0.6 is 11.8 Å². The Morgan fingerprint density at radius 3 is 2.95 bits per heavy atom. The largest absolute Gasteiger partial charge is 0.390 e. The van der Waals surface area contributed by atoms with Crippen LogP contribution < -0.4 is 5.32 Å². The summed E-state index contributed by atoms with van der Waals surface area (Å²) < 4.78 is 12.8. The molecule has 0 radical (unpaired) electrons. The molecule has 0 bridgehead atoms. The molecular weight excluding hydrogens is 279 g/mol. The zero-order chi connectivity index (χ0) is 14.4. The summed E-state index contributed by atoms with van der Waals surface area (Å²) in [5, 5.41) is 6.83. The average Bonchev–Trinajstić information content (AvgIpc) is 2.87. The van der Waals surface area contributed by atoms with Crippen LogP contribution in [-0.4, -0.2) is 36.3 Å². The van der Waals surface area contributed by atoms with E-state index in [1.807, 2.05) is 6.26 Å². The van der Waals surface area contributed by atoms with E-state index in [1.165, 1.54) is 23.9 Å². The molecule has 4 nitrogen and oxygen atoms in total. The third-order valence-corrected chi connectivity index (χ3v) is 3.47. The number of oxime groups is 1. The Labute approximate surface area is 121 Å². The minimum Gasteiger partial charge on any atom is -0.390 e. The lowest BCUT2D eigenvalue weighted by Gasteiger charge is -2.09. The molecule has 2 rings (SSSR count). The monoisotopic (exact) mass is 296 g/mol. The van der Waals surface area contributed by atoms with Crippen molar-refractivity contribution in [3.8, 4) is 0 Å². The van der Waals surface area contributed by atoms with E-state index < -0.39 is 0 Å². The Kier molecular flexibility index (Phi) is 5.40. The predicted molar refractivity (Wildman–Crippen MR) is 78.4 cm³/mol. The molecule has 1 atom stereocenters. The number of hydrogen-bond donors (Lipinski definition) is 1. The number of amides is 1. The lowest BCUT2D eigenvalue weighted by molar-refractivity contribution is -0.119. The lowest BCUT2D eigenvalue weighted by Crippen LogP contribution is -2.33.